The van der Waals surface area contributed by atoms with Crippen LogP contribution in [0, 0.1) is 5.82 Å². The highest BCUT2D eigenvalue weighted by Crippen LogP contribution is 2.44. The van der Waals surface area contributed by atoms with Gasteiger partial charge in [-0.2, -0.15) is 0 Å². The van der Waals surface area contributed by atoms with Gasteiger partial charge >= 0.3 is 12.1 Å². The van der Waals surface area contributed by atoms with E-state index in [1.54, 1.807) is 5.38 Å². The Bertz CT molecular complexity index is 1320. The number of carbonyl (C=O) groups is 2. The van der Waals surface area contributed by atoms with E-state index < -0.39 is 17.9 Å². The summed E-state index contributed by atoms with van der Waals surface area (Å²) in [6.45, 7) is 0.123. The molecule has 1 heterocycles. The maximum absolute atomic E-state index is 13.2. The number of thiophene rings is 1. The molecule has 33 heavy (non-hydrogen) atoms. The van der Waals surface area contributed by atoms with E-state index >= 15 is 0 Å². The van der Waals surface area contributed by atoms with Crippen molar-refractivity contribution in [1.82, 2.24) is 0 Å². The lowest BCUT2D eigenvalue weighted by Crippen LogP contribution is -2.18. The van der Waals surface area contributed by atoms with E-state index in [1.807, 2.05) is 36.4 Å². The Labute approximate surface area is 193 Å². The number of benzene rings is 3. The molecule has 0 saturated heterocycles. The molecule has 4 aromatic rings. The number of rotatable bonds is 5. The molecule has 0 atom stereocenters. The van der Waals surface area contributed by atoms with Crippen molar-refractivity contribution in [3.63, 3.8) is 0 Å². The summed E-state index contributed by atoms with van der Waals surface area (Å²) in [5.74, 6) is -1.70. The van der Waals surface area contributed by atoms with Crippen molar-refractivity contribution in [2.45, 2.75) is 5.92 Å². The maximum atomic E-state index is 13.2. The van der Waals surface area contributed by atoms with E-state index in [1.165, 1.54) is 24.3 Å². The first-order valence-corrected chi connectivity index (χ1v) is 11.1. The summed E-state index contributed by atoms with van der Waals surface area (Å²) in [5, 5.41) is 14.1. The number of ether oxygens (including phenoxy) is 1. The number of carbonyl (C=O) groups excluding carboxylic acids is 1. The summed E-state index contributed by atoms with van der Waals surface area (Å²) in [6.07, 6.45) is -0.730. The van der Waals surface area contributed by atoms with Gasteiger partial charge in [0, 0.05) is 16.9 Å². The van der Waals surface area contributed by atoms with Gasteiger partial charge in [-0.3, -0.25) is 5.32 Å². The number of halogens is 1. The van der Waals surface area contributed by atoms with Crippen LogP contribution < -0.4 is 5.32 Å². The Morgan fingerprint density at radius 1 is 0.909 bits per heavy atom. The van der Waals surface area contributed by atoms with Crippen LogP contribution in [0.1, 0.15) is 27.4 Å². The van der Waals surface area contributed by atoms with Crippen LogP contribution >= 0.6 is 11.3 Å². The number of carboxylic acids is 1. The van der Waals surface area contributed by atoms with Crippen LogP contribution in [0.25, 0.3) is 22.3 Å². The van der Waals surface area contributed by atoms with Gasteiger partial charge in [-0.05, 0) is 39.9 Å². The molecule has 1 aromatic heterocycles. The van der Waals surface area contributed by atoms with Crippen LogP contribution in [0.5, 0.6) is 0 Å². The van der Waals surface area contributed by atoms with Gasteiger partial charge in [0.2, 0.25) is 0 Å². The number of carboxylic acid groups (broad SMARTS) is 1. The summed E-state index contributed by atoms with van der Waals surface area (Å²) >= 11 is 1.08. The van der Waals surface area contributed by atoms with Gasteiger partial charge in [0.15, 0.2) is 0 Å². The normalized spacial score (nSPS) is 12.2. The molecule has 1 amide bonds. The summed E-state index contributed by atoms with van der Waals surface area (Å²) in [6, 6.07) is 21.6. The first kappa shape index (κ1) is 20.9. The molecule has 5 nitrogen and oxygen atoms in total. The number of hydrogen-bond acceptors (Lipinski definition) is 4. The third-order valence-electron chi connectivity index (χ3n) is 5.72. The second kappa shape index (κ2) is 8.52. The minimum atomic E-state index is -1.19. The number of anilines is 1. The lowest BCUT2D eigenvalue weighted by Gasteiger charge is -2.14. The molecule has 5 rings (SSSR count). The van der Waals surface area contributed by atoms with E-state index in [0.29, 0.717) is 11.1 Å². The molecule has 1 aliphatic carbocycles. The van der Waals surface area contributed by atoms with Crippen LogP contribution in [0.2, 0.25) is 0 Å². The molecule has 2 N–H and O–H groups in total. The smallest absolute Gasteiger partial charge is 0.412 e. The van der Waals surface area contributed by atoms with E-state index in [-0.39, 0.29) is 23.1 Å². The molecule has 0 spiro atoms. The third-order valence-corrected chi connectivity index (χ3v) is 6.61. The standard InChI is InChI=1S/C26H18FNO4S/c27-16-11-9-15(10-12-16)22-14-33-24(23(22)25(29)30)28-26(31)32-13-21-19-7-3-1-5-17(19)18-6-2-4-8-20(18)21/h1-12,14,21H,13H2,(H,28,31)(H,29,30). The van der Waals surface area contributed by atoms with E-state index in [9.17, 15) is 19.1 Å². The van der Waals surface area contributed by atoms with Gasteiger partial charge in [0.25, 0.3) is 0 Å². The van der Waals surface area contributed by atoms with Crippen molar-refractivity contribution < 1.29 is 23.8 Å². The van der Waals surface area contributed by atoms with Gasteiger partial charge in [-0.1, -0.05) is 60.7 Å². The van der Waals surface area contributed by atoms with E-state index in [0.717, 1.165) is 33.6 Å². The minimum Gasteiger partial charge on any atom is -0.478 e. The summed E-state index contributed by atoms with van der Waals surface area (Å²) in [4.78, 5) is 24.5. The molecule has 3 aromatic carbocycles. The topological polar surface area (TPSA) is 75.6 Å². The Hall–Kier alpha value is -3.97. The van der Waals surface area contributed by atoms with Crippen molar-refractivity contribution in [3.05, 3.63) is 101 Å². The monoisotopic (exact) mass is 459 g/mol. The minimum absolute atomic E-state index is 0.0554. The maximum Gasteiger partial charge on any atom is 0.412 e. The first-order chi connectivity index (χ1) is 16.0. The SMILES string of the molecule is O=C(Nc1scc(-c2ccc(F)cc2)c1C(=O)O)OCC1c2ccccc2-c2ccccc21. The third kappa shape index (κ3) is 3.87. The molecule has 0 bridgehead atoms. The molecule has 0 fully saturated rings. The molecule has 0 unspecified atom stereocenters. The van der Waals surface area contributed by atoms with E-state index in [2.05, 4.69) is 17.4 Å². The summed E-state index contributed by atoms with van der Waals surface area (Å²) < 4.78 is 18.8. The fraction of sp³-hybridized carbons (Fsp3) is 0.0769. The van der Waals surface area contributed by atoms with Crippen LogP contribution in [-0.4, -0.2) is 23.8 Å². The number of nitrogens with one attached hydrogen (secondary N) is 1. The predicted octanol–water partition coefficient (Wildman–Crippen LogP) is 6.61. The fourth-order valence-electron chi connectivity index (χ4n) is 4.23. The zero-order valence-corrected chi connectivity index (χ0v) is 18.1. The molecule has 7 heteroatoms. The van der Waals surface area contributed by atoms with Gasteiger partial charge < -0.3 is 9.84 Å². The molecule has 164 valence electrons. The Morgan fingerprint density at radius 2 is 1.52 bits per heavy atom. The molecule has 0 aliphatic heterocycles. The van der Waals surface area contributed by atoms with E-state index in [4.69, 9.17) is 4.74 Å². The summed E-state index contributed by atoms with van der Waals surface area (Å²) in [7, 11) is 0. The van der Waals surface area contributed by atoms with Crippen molar-refractivity contribution in [3.8, 4) is 22.3 Å². The predicted molar refractivity (Wildman–Crippen MR) is 125 cm³/mol. The molecular formula is C26H18FNO4S. The molecule has 1 aliphatic rings. The zero-order valence-electron chi connectivity index (χ0n) is 17.2. The number of aromatic carboxylic acids is 1. The van der Waals surface area contributed by atoms with Crippen LogP contribution in [-0.2, 0) is 4.74 Å². The highest BCUT2D eigenvalue weighted by molar-refractivity contribution is 7.15. The highest BCUT2D eigenvalue weighted by atomic mass is 32.1. The number of hydrogen-bond donors (Lipinski definition) is 2. The first-order valence-electron chi connectivity index (χ1n) is 10.3. The van der Waals surface area contributed by atoms with Crippen molar-refractivity contribution in [2.75, 3.05) is 11.9 Å². The Kier molecular flexibility index (Phi) is 5.40. The van der Waals surface area contributed by atoms with Crippen molar-refractivity contribution in [1.29, 1.82) is 0 Å². The number of fused-ring (bicyclic) bond motifs is 3. The Morgan fingerprint density at radius 3 is 2.12 bits per heavy atom. The fourth-order valence-corrected chi connectivity index (χ4v) is 5.18. The second-order valence-electron chi connectivity index (χ2n) is 7.62. The van der Waals surface area contributed by atoms with Crippen LogP contribution in [0.15, 0.2) is 78.2 Å². The Balaban J connectivity index is 1.34. The van der Waals surface area contributed by atoms with Crippen LogP contribution in [0.4, 0.5) is 14.2 Å². The average Bonchev–Trinajstić information content (AvgIpc) is 3.37. The molecule has 0 saturated carbocycles. The molecule has 0 radical (unpaired) electrons. The lowest BCUT2D eigenvalue weighted by atomic mass is 9.98. The largest absolute Gasteiger partial charge is 0.478 e. The highest BCUT2D eigenvalue weighted by Gasteiger charge is 2.29. The van der Waals surface area contributed by atoms with Crippen molar-refractivity contribution in [2.24, 2.45) is 0 Å². The van der Waals surface area contributed by atoms with Crippen molar-refractivity contribution >= 4 is 28.4 Å². The average molecular weight is 459 g/mol. The second-order valence-corrected chi connectivity index (χ2v) is 8.50. The zero-order chi connectivity index (χ0) is 22.9. The van der Waals surface area contributed by atoms with Crippen LogP contribution in [0.3, 0.4) is 0 Å². The lowest BCUT2D eigenvalue weighted by molar-refractivity contribution is 0.0699. The van der Waals surface area contributed by atoms with Gasteiger partial charge in [0.1, 0.15) is 23.0 Å². The van der Waals surface area contributed by atoms with Gasteiger partial charge in [-0.15, -0.1) is 11.3 Å². The quantitative estimate of drug-likeness (QED) is 0.352. The van der Waals surface area contributed by atoms with Gasteiger partial charge in [-0.25, -0.2) is 14.0 Å². The number of amides is 1. The summed E-state index contributed by atoms with van der Waals surface area (Å²) in [5.41, 5.74) is 5.32. The van der Waals surface area contributed by atoms with Gasteiger partial charge in [0.05, 0.1) is 0 Å². The molecular weight excluding hydrogens is 441 g/mol.